The van der Waals surface area contributed by atoms with E-state index < -0.39 is 32.4 Å². The topological polar surface area (TPSA) is 76.1 Å². The fraction of sp³-hybridized carbons (Fsp3) is 0.900. The maximum atomic E-state index is 13.2. The number of alkyl halides is 3. The summed E-state index contributed by atoms with van der Waals surface area (Å²) in [6, 6.07) is -0.717. The molecule has 0 radical (unpaired) electrons. The van der Waals surface area contributed by atoms with E-state index in [9.17, 15) is 27.9 Å². The maximum absolute atomic E-state index is 13.2. The number of esters is 1. The van der Waals surface area contributed by atoms with E-state index in [0.717, 1.165) is 4.90 Å². The molecular formula is C20H36F3NO5Si. The molecule has 1 fully saturated rings. The van der Waals surface area contributed by atoms with Gasteiger partial charge in [0.1, 0.15) is 0 Å². The summed E-state index contributed by atoms with van der Waals surface area (Å²) in [5.74, 6) is -2.67. The maximum Gasteiger partial charge on any atom is 0.471 e. The fourth-order valence-electron chi connectivity index (χ4n) is 3.51. The second-order valence-corrected chi connectivity index (χ2v) is 14.4. The predicted octanol–water partition coefficient (Wildman–Crippen LogP) is 3.74. The van der Waals surface area contributed by atoms with Crippen molar-refractivity contribution in [3.8, 4) is 0 Å². The molecule has 1 saturated heterocycles. The quantitative estimate of drug-likeness (QED) is 0.446. The molecule has 0 unspecified atom stereocenters. The summed E-state index contributed by atoms with van der Waals surface area (Å²) < 4.78 is 50.9. The van der Waals surface area contributed by atoms with E-state index in [1.54, 1.807) is 0 Å². The molecule has 6 nitrogen and oxygen atoms in total. The molecular weight excluding hydrogens is 419 g/mol. The van der Waals surface area contributed by atoms with E-state index >= 15 is 0 Å². The van der Waals surface area contributed by atoms with Crippen molar-refractivity contribution in [3.63, 3.8) is 0 Å². The van der Waals surface area contributed by atoms with E-state index in [-0.39, 0.29) is 49.7 Å². The van der Waals surface area contributed by atoms with Crippen LogP contribution in [0.5, 0.6) is 0 Å². The van der Waals surface area contributed by atoms with Gasteiger partial charge < -0.3 is 19.2 Å². The normalized spacial score (nSPS) is 23.4. The molecule has 1 amide bonds. The molecule has 1 aliphatic rings. The predicted molar refractivity (Wildman–Crippen MR) is 109 cm³/mol. The Hall–Kier alpha value is -1.13. The third kappa shape index (κ3) is 7.53. The number of hydrogen-bond acceptors (Lipinski definition) is 5. The van der Waals surface area contributed by atoms with Gasteiger partial charge in [0.05, 0.1) is 19.3 Å². The monoisotopic (exact) mass is 455 g/mol. The van der Waals surface area contributed by atoms with Gasteiger partial charge in [-0.05, 0) is 49.2 Å². The Balaban J connectivity index is 3.06. The van der Waals surface area contributed by atoms with Crippen LogP contribution in [0.25, 0.3) is 0 Å². The highest BCUT2D eigenvalue weighted by atomic mass is 28.4. The molecule has 0 aromatic rings. The highest BCUT2D eigenvalue weighted by molar-refractivity contribution is 6.74. The van der Waals surface area contributed by atoms with Crippen LogP contribution < -0.4 is 0 Å². The highest BCUT2D eigenvalue weighted by Gasteiger charge is 2.49. The van der Waals surface area contributed by atoms with E-state index in [0.29, 0.717) is 12.8 Å². The summed E-state index contributed by atoms with van der Waals surface area (Å²) in [6.45, 7) is 11.3. The molecule has 1 N–H and O–H groups in total. The van der Waals surface area contributed by atoms with Crippen LogP contribution in [0, 0.1) is 11.8 Å². The van der Waals surface area contributed by atoms with E-state index in [2.05, 4.69) is 0 Å². The molecule has 0 aromatic heterocycles. The molecule has 0 spiro atoms. The zero-order valence-electron chi connectivity index (χ0n) is 18.8. The summed E-state index contributed by atoms with van der Waals surface area (Å²) in [6.07, 6.45) is -3.91. The Morgan fingerprint density at radius 1 is 1.13 bits per heavy atom. The molecule has 10 heteroatoms. The van der Waals surface area contributed by atoms with Crippen molar-refractivity contribution in [3.05, 3.63) is 0 Å². The molecule has 1 heterocycles. The number of aliphatic hydroxyl groups excluding tert-OH is 1. The zero-order valence-corrected chi connectivity index (χ0v) is 19.8. The fourth-order valence-corrected chi connectivity index (χ4v) is 4.55. The van der Waals surface area contributed by atoms with Crippen LogP contribution in [0.3, 0.4) is 0 Å². The Morgan fingerprint density at radius 2 is 1.73 bits per heavy atom. The van der Waals surface area contributed by atoms with Crippen molar-refractivity contribution in [2.24, 2.45) is 11.8 Å². The van der Waals surface area contributed by atoms with Gasteiger partial charge in [0.15, 0.2) is 8.32 Å². The molecule has 1 aliphatic heterocycles. The van der Waals surface area contributed by atoms with Crippen LogP contribution in [0.4, 0.5) is 13.2 Å². The number of carbonyl (C=O) groups excluding carboxylic acids is 2. The molecule has 0 bridgehead atoms. The number of rotatable bonds is 8. The number of piperidine rings is 1. The lowest BCUT2D eigenvalue weighted by Gasteiger charge is -2.46. The Morgan fingerprint density at radius 3 is 2.20 bits per heavy atom. The highest BCUT2D eigenvalue weighted by Crippen LogP contribution is 2.39. The van der Waals surface area contributed by atoms with Crippen molar-refractivity contribution in [1.29, 1.82) is 0 Å². The van der Waals surface area contributed by atoms with Crippen LogP contribution in [0.2, 0.25) is 18.1 Å². The largest absolute Gasteiger partial charge is 0.471 e. The first kappa shape index (κ1) is 26.9. The van der Waals surface area contributed by atoms with Gasteiger partial charge in [0, 0.05) is 20.1 Å². The van der Waals surface area contributed by atoms with Crippen molar-refractivity contribution in [2.45, 2.75) is 77.3 Å². The molecule has 1 rings (SSSR count). The lowest BCUT2D eigenvalue weighted by molar-refractivity contribution is -0.192. The Bertz CT molecular complexity index is 592. The number of carbonyl (C=O) groups is 2. The summed E-state index contributed by atoms with van der Waals surface area (Å²) >= 11 is 0. The molecule has 30 heavy (non-hydrogen) atoms. The Labute approximate surface area is 178 Å². The van der Waals surface area contributed by atoms with Crippen LogP contribution in [-0.2, 0) is 18.8 Å². The SMILES string of the molecule is CC(=O)OCC[C@H]1C[C@@H](CO[Si](C)(C)C(C)(C)C)N(C(=O)C(F)(F)F)C[C@@H]1CCO. The van der Waals surface area contributed by atoms with Gasteiger partial charge in [0.25, 0.3) is 0 Å². The van der Waals surface area contributed by atoms with Crippen LogP contribution in [0.1, 0.15) is 47.0 Å². The third-order valence-electron chi connectivity index (χ3n) is 6.35. The lowest BCUT2D eigenvalue weighted by Crippen LogP contribution is -2.57. The molecule has 0 aliphatic carbocycles. The summed E-state index contributed by atoms with van der Waals surface area (Å²) in [7, 11) is -2.22. The summed E-state index contributed by atoms with van der Waals surface area (Å²) in [5.41, 5.74) is 0. The van der Waals surface area contributed by atoms with Gasteiger partial charge in [-0.1, -0.05) is 20.8 Å². The van der Waals surface area contributed by atoms with Gasteiger partial charge in [0.2, 0.25) is 0 Å². The van der Waals surface area contributed by atoms with Crippen molar-refractivity contribution >= 4 is 20.2 Å². The minimum absolute atomic E-state index is 0.0359. The Kier molecular flexibility index (Phi) is 9.37. The first-order chi connectivity index (χ1) is 13.6. The van der Waals surface area contributed by atoms with Crippen LogP contribution in [0.15, 0.2) is 0 Å². The van der Waals surface area contributed by atoms with E-state index in [1.165, 1.54) is 6.92 Å². The van der Waals surface area contributed by atoms with E-state index in [1.807, 2.05) is 33.9 Å². The van der Waals surface area contributed by atoms with Gasteiger partial charge in [-0.15, -0.1) is 0 Å². The first-order valence-corrected chi connectivity index (χ1v) is 13.3. The number of hydrogen-bond donors (Lipinski definition) is 1. The molecule has 3 atom stereocenters. The minimum Gasteiger partial charge on any atom is -0.466 e. The number of halogens is 3. The van der Waals surface area contributed by atoms with Crippen molar-refractivity contribution < 1.29 is 37.0 Å². The number of likely N-dealkylation sites (tertiary alicyclic amines) is 1. The number of aliphatic hydroxyl groups is 1. The van der Waals surface area contributed by atoms with Gasteiger partial charge in [-0.25, -0.2) is 0 Å². The number of nitrogens with zero attached hydrogens (tertiary/aromatic N) is 1. The summed E-state index contributed by atoms with van der Waals surface area (Å²) in [5, 5.41) is 9.25. The number of ether oxygens (including phenoxy) is 1. The average molecular weight is 456 g/mol. The van der Waals surface area contributed by atoms with Crippen LogP contribution >= 0.6 is 0 Å². The van der Waals surface area contributed by atoms with Crippen molar-refractivity contribution in [2.75, 3.05) is 26.4 Å². The standard InChI is InChI=1S/C20H36F3NO5Si/c1-14(26)28-10-8-15-11-17(13-29-30(5,6)19(2,3)4)24(12-16(15)7-9-25)18(27)20(21,22)23/h15-17,25H,7-13H2,1-6H3/t15-,16-,17-/m0/s1. The average Bonchev–Trinajstić information content (AvgIpc) is 2.58. The lowest BCUT2D eigenvalue weighted by atomic mass is 9.78. The second kappa shape index (κ2) is 10.5. The molecule has 0 aromatic carbocycles. The van der Waals surface area contributed by atoms with Crippen LogP contribution in [-0.4, -0.2) is 68.8 Å². The number of amides is 1. The molecule has 0 saturated carbocycles. The summed E-state index contributed by atoms with van der Waals surface area (Å²) in [4.78, 5) is 24.1. The smallest absolute Gasteiger partial charge is 0.466 e. The minimum atomic E-state index is -4.97. The van der Waals surface area contributed by atoms with Gasteiger partial charge >= 0.3 is 18.1 Å². The third-order valence-corrected chi connectivity index (χ3v) is 10.9. The first-order valence-electron chi connectivity index (χ1n) is 10.4. The van der Waals surface area contributed by atoms with Gasteiger partial charge in [-0.2, -0.15) is 13.2 Å². The van der Waals surface area contributed by atoms with Gasteiger partial charge in [-0.3, -0.25) is 9.59 Å². The molecule has 176 valence electrons. The second-order valence-electron chi connectivity index (χ2n) is 9.58. The van der Waals surface area contributed by atoms with E-state index in [4.69, 9.17) is 9.16 Å². The van der Waals surface area contributed by atoms with Crippen molar-refractivity contribution in [1.82, 2.24) is 4.90 Å². The zero-order chi connectivity index (χ0) is 23.3.